The number of nitrogens with zero attached hydrogens (tertiary/aromatic N) is 3. The number of fused-ring (bicyclic) bond motifs is 1. The summed E-state index contributed by atoms with van der Waals surface area (Å²) in [6, 6.07) is 15.3. The van der Waals surface area contributed by atoms with Crippen LogP contribution in [-0.4, -0.2) is 22.1 Å². The SMILES string of the molecule is CCOC(=O)C1=C(C)N=c2s/c(=C\c3ccc(-c4cc(C)c(C)c([N+](=O)[O-])c4)o3)c(=O)n2[C@H]1c1ccccc1. The molecular formula is C29H25N3O6S. The maximum absolute atomic E-state index is 13.7. The van der Waals surface area contributed by atoms with Crippen LogP contribution in [0, 0.1) is 24.0 Å². The van der Waals surface area contributed by atoms with Gasteiger partial charge in [-0.1, -0.05) is 41.7 Å². The van der Waals surface area contributed by atoms with Gasteiger partial charge < -0.3 is 9.15 Å². The van der Waals surface area contributed by atoms with Gasteiger partial charge in [0.1, 0.15) is 11.5 Å². The van der Waals surface area contributed by atoms with Crippen LogP contribution in [0.5, 0.6) is 0 Å². The van der Waals surface area contributed by atoms with Gasteiger partial charge in [0.25, 0.3) is 11.2 Å². The van der Waals surface area contributed by atoms with Crippen molar-refractivity contribution in [2.24, 2.45) is 4.99 Å². The highest BCUT2D eigenvalue weighted by Crippen LogP contribution is 2.32. The van der Waals surface area contributed by atoms with Gasteiger partial charge in [0.05, 0.1) is 33.4 Å². The normalized spacial score (nSPS) is 15.2. The minimum absolute atomic E-state index is 0.0185. The zero-order valence-electron chi connectivity index (χ0n) is 21.8. The molecule has 0 saturated carbocycles. The standard InChI is InChI=1S/C29H25N3O6S/c1-5-37-28(34)25-18(4)30-29-31(26(25)19-9-7-6-8-10-19)27(33)24(39-29)15-21-11-12-23(38-21)20-13-16(2)17(3)22(14-20)32(35)36/h6-15,26H,5H2,1-4H3/b24-15-/t26-/m0/s1. The molecule has 2 aromatic carbocycles. The lowest BCUT2D eigenvalue weighted by Gasteiger charge is -2.24. The molecule has 198 valence electrons. The molecule has 0 bridgehead atoms. The number of benzene rings is 2. The average molecular weight is 544 g/mol. The Morgan fingerprint density at radius 1 is 1.18 bits per heavy atom. The topological polar surface area (TPSA) is 117 Å². The number of hydrogen-bond acceptors (Lipinski definition) is 8. The first-order valence-electron chi connectivity index (χ1n) is 12.3. The Morgan fingerprint density at radius 2 is 1.92 bits per heavy atom. The fourth-order valence-corrected chi connectivity index (χ4v) is 5.66. The highest BCUT2D eigenvalue weighted by Gasteiger charge is 2.33. The van der Waals surface area contributed by atoms with Gasteiger partial charge in [0, 0.05) is 23.3 Å². The van der Waals surface area contributed by atoms with Crippen LogP contribution in [0.15, 0.2) is 80.1 Å². The van der Waals surface area contributed by atoms with Crippen LogP contribution in [0.3, 0.4) is 0 Å². The van der Waals surface area contributed by atoms with E-state index in [1.54, 1.807) is 39.0 Å². The van der Waals surface area contributed by atoms with Crippen molar-refractivity contribution >= 4 is 29.1 Å². The third kappa shape index (κ3) is 4.74. The fourth-order valence-electron chi connectivity index (χ4n) is 4.63. The van der Waals surface area contributed by atoms with E-state index >= 15 is 0 Å². The van der Waals surface area contributed by atoms with E-state index in [0.717, 1.165) is 11.1 Å². The lowest BCUT2D eigenvalue weighted by molar-refractivity contribution is -0.385. The molecule has 3 heterocycles. The van der Waals surface area contributed by atoms with Crippen molar-refractivity contribution in [2.75, 3.05) is 6.61 Å². The van der Waals surface area contributed by atoms with Gasteiger partial charge in [-0.25, -0.2) is 9.79 Å². The van der Waals surface area contributed by atoms with E-state index in [1.807, 2.05) is 43.3 Å². The summed E-state index contributed by atoms with van der Waals surface area (Å²) in [6.45, 7) is 7.19. The van der Waals surface area contributed by atoms with Crippen molar-refractivity contribution in [3.63, 3.8) is 0 Å². The second kappa shape index (κ2) is 10.3. The van der Waals surface area contributed by atoms with Crippen molar-refractivity contribution in [3.05, 3.63) is 118 Å². The molecule has 0 saturated heterocycles. The molecule has 1 aliphatic rings. The number of esters is 1. The Labute approximate surface area is 227 Å². The number of ether oxygens (including phenoxy) is 1. The lowest BCUT2D eigenvalue weighted by Crippen LogP contribution is -2.39. The summed E-state index contributed by atoms with van der Waals surface area (Å²) in [5, 5.41) is 11.5. The van der Waals surface area contributed by atoms with Crippen LogP contribution in [0.25, 0.3) is 17.4 Å². The molecule has 39 heavy (non-hydrogen) atoms. The Morgan fingerprint density at radius 3 is 2.62 bits per heavy atom. The van der Waals surface area contributed by atoms with Gasteiger partial charge in [0.2, 0.25) is 0 Å². The molecule has 9 nitrogen and oxygen atoms in total. The summed E-state index contributed by atoms with van der Waals surface area (Å²) in [6.07, 6.45) is 1.62. The van der Waals surface area contributed by atoms with Gasteiger partial charge in [-0.3, -0.25) is 19.5 Å². The minimum Gasteiger partial charge on any atom is -0.463 e. The van der Waals surface area contributed by atoms with E-state index < -0.39 is 16.9 Å². The number of aryl methyl sites for hydroxylation is 1. The van der Waals surface area contributed by atoms with Crippen LogP contribution in [-0.2, 0) is 9.53 Å². The van der Waals surface area contributed by atoms with Gasteiger partial charge in [-0.05, 0) is 57.0 Å². The Kier molecular flexibility index (Phi) is 6.88. The second-order valence-electron chi connectivity index (χ2n) is 9.11. The van der Waals surface area contributed by atoms with Crippen molar-refractivity contribution in [1.29, 1.82) is 0 Å². The van der Waals surface area contributed by atoms with E-state index in [0.29, 0.717) is 43.3 Å². The molecule has 1 aliphatic heterocycles. The summed E-state index contributed by atoms with van der Waals surface area (Å²) in [5.74, 6) is 0.344. The highest BCUT2D eigenvalue weighted by molar-refractivity contribution is 7.07. The number of allylic oxidation sites excluding steroid dienone is 1. The number of carbonyl (C=O) groups is 1. The average Bonchev–Trinajstić information content (AvgIpc) is 3.49. The smallest absolute Gasteiger partial charge is 0.338 e. The highest BCUT2D eigenvalue weighted by atomic mass is 32.1. The van der Waals surface area contributed by atoms with Gasteiger partial charge in [-0.15, -0.1) is 0 Å². The summed E-state index contributed by atoms with van der Waals surface area (Å²) in [7, 11) is 0. The molecule has 1 atom stereocenters. The van der Waals surface area contributed by atoms with Crippen molar-refractivity contribution in [3.8, 4) is 11.3 Å². The molecule has 4 aromatic rings. The number of nitro benzene ring substituents is 1. The van der Waals surface area contributed by atoms with Crippen LogP contribution in [0.2, 0.25) is 0 Å². The van der Waals surface area contributed by atoms with E-state index in [-0.39, 0.29) is 17.9 Å². The van der Waals surface area contributed by atoms with Crippen LogP contribution < -0.4 is 14.9 Å². The number of hydrogen-bond donors (Lipinski definition) is 0. The maximum Gasteiger partial charge on any atom is 0.338 e. The van der Waals surface area contributed by atoms with E-state index in [2.05, 4.69) is 4.99 Å². The van der Waals surface area contributed by atoms with E-state index in [9.17, 15) is 19.7 Å². The Hall–Kier alpha value is -4.57. The third-order valence-electron chi connectivity index (χ3n) is 6.65. The fraction of sp³-hybridized carbons (Fsp3) is 0.207. The molecule has 0 spiro atoms. The number of thiazole rings is 1. The van der Waals surface area contributed by atoms with Crippen molar-refractivity contribution in [2.45, 2.75) is 33.7 Å². The molecule has 0 N–H and O–H groups in total. The summed E-state index contributed by atoms with van der Waals surface area (Å²) >= 11 is 1.19. The third-order valence-corrected chi connectivity index (χ3v) is 7.64. The molecule has 0 unspecified atom stereocenters. The number of furan rings is 1. The first-order chi connectivity index (χ1) is 18.7. The molecule has 0 radical (unpaired) electrons. The largest absolute Gasteiger partial charge is 0.463 e. The van der Waals surface area contributed by atoms with Crippen LogP contribution in [0.4, 0.5) is 5.69 Å². The number of rotatable bonds is 6. The van der Waals surface area contributed by atoms with E-state index in [4.69, 9.17) is 9.15 Å². The molecule has 0 fully saturated rings. The van der Waals surface area contributed by atoms with Crippen LogP contribution in [0.1, 0.15) is 42.3 Å². The zero-order valence-corrected chi connectivity index (χ0v) is 22.6. The van der Waals surface area contributed by atoms with Crippen molar-refractivity contribution < 1.29 is 18.9 Å². The lowest BCUT2D eigenvalue weighted by atomic mass is 9.96. The summed E-state index contributed by atoms with van der Waals surface area (Å²) in [5.41, 5.74) is 3.22. The quantitative estimate of drug-likeness (QED) is 0.200. The van der Waals surface area contributed by atoms with Crippen molar-refractivity contribution in [1.82, 2.24) is 4.57 Å². The Balaban J connectivity index is 1.61. The molecule has 0 aliphatic carbocycles. The van der Waals surface area contributed by atoms with Gasteiger partial charge in [0.15, 0.2) is 4.80 Å². The summed E-state index contributed by atoms with van der Waals surface area (Å²) < 4.78 is 13.2. The molecule has 2 aromatic heterocycles. The second-order valence-corrected chi connectivity index (χ2v) is 10.1. The monoisotopic (exact) mass is 543 g/mol. The predicted octanol–water partition coefficient (Wildman–Crippen LogP) is 4.58. The maximum atomic E-state index is 13.7. The number of carbonyl (C=O) groups excluding carboxylic acids is 1. The molecule has 5 rings (SSSR count). The molecule has 0 amide bonds. The predicted molar refractivity (Wildman–Crippen MR) is 147 cm³/mol. The zero-order chi connectivity index (χ0) is 27.8. The minimum atomic E-state index is -0.688. The molecule has 10 heteroatoms. The molecular weight excluding hydrogens is 518 g/mol. The Bertz CT molecular complexity index is 1830. The first-order valence-corrected chi connectivity index (χ1v) is 13.1. The number of aromatic nitrogens is 1. The first kappa shape index (κ1) is 26.1. The van der Waals surface area contributed by atoms with Gasteiger partial charge in [-0.2, -0.15) is 0 Å². The van der Waals surface area contributed by atoms with E-state index in [1.165, 1.54) is 22.0 Å². The number of nitro groups is 1. The van der Waals surface area contributed by atoms with Gasteiger partial charge >= 0.3 is 5.97 Å². The summed E-state index contributed by atoms with van der Waals surface area (Å²) in [4.78, 5) is 42.8. The van der Waals surface area contributed by atoms with Crippen LogP contribution >= 0.6 is 11.3 Å².